The van der Waals surface area contributed by atoms with E-state index in [-0.39, 0.29) is 18.9 Å². The fourth-order valence-corrected chi connectivity index (χ4v) is 1.83. The fraction of sp³-hybridized carbons (Fsp3) is 0.231. The van der Waals surface area contributed by atoms with Crippen molar-refractivity contribution in [3.8, 4) is 11.3 Å². The molecular formula is C13H16LiN3O2. The molecule has 5 nitrogen and oxygen atoms in total. The van der Waals surface area contributed by atoms with Gasteiger partial charge in [-0.2, -0.15) is 0 Å². The summed E-state index contributed by atoms with van der Waals surface area (Å²) in [5.74, 6) is -0.966. The third-order valence-corrected chi connectivity index (χ3v) is 2.83. The van der Waals surface area contributed by atoms with Crippen molar-refractivity contribution in [2.45, 2.75) is 18.9 Å². The van der Waals surface area contributed by atoms with Crippen molar-refractivity contribution in [2.24, 2.45) is 5.73 Å². The normalized spacial score (nSPS) is 11.6. The number of aromatic nitrogens is 2. The Kier molecular flexibility index (Phi) is 5.84. The van der Waals surface area contributed by atoms with Gasteiger partial charge in [-0.05, 0) is 18.4 Å². The van der Waals surface area contributed by atoms with Crippen LogP contribution in [0.5, 0.6) is 0 Å². The molecular weight excluding hydrogens is 237 g/mol. The molecule has 4 N–H and O–H groups in total. The van der Waals surface area contributed by atoms with Gasteiger partial charge >= 0.3 is 24.8 Å². The molecule has 0 spiro atoms. The Morgan fingerprint density at radius 1 is 1.42 bits per heavy atom. The van der Waals surface area contributed by atoms with Crippen LogP contribution < -0.4 is 5.73 Å². The van der Waals surface area contributed by atoms with Crippen LogP contribution >= 0.6 is 0 Å². The second kappa shape index (κ2) is 7.15. The van der Waals surface area contributed by atoms with Crippen LogP contribution in [-0.4, -0.2) is 45.9 Å². The zero-order valence-electron chi connectivity index (χ0n) is 9.84. The Morgan fingerprint density at radius 3 is 2.79 bits per heavy atom. The average molecular weight is 253 g/mol. The number of aliphatic carboxylic acids is 1. The second-order valence-corrected chi connectivity index (χ2v) is 4.09. The number of aromatic amines is 1. The summed E-state index contributed by atoms with van der Waals surface area (Å²) < 4.78 is 0. The second-order valence-electron chi connectivity index (χ2n) is 4.09. The topological polar surface area (TPSA) is 92.0 Å². The quantitative estimate of drug-likeness (QED) is 0.686. The molecule has 6 heteroatoms. The van der Waals surface area contributed by atoms with Crippen LogP contribution in [0.4, 0.5) is 0 Å². The van der Waals surface area contributed by atoms with Crippen LogP contribution in [0, 0.1) is 0 Å². The van der Waals surface area contributed by atoms with Gasteiger partial charge in [0.1, 0.15) is 6.04 Å². The van der Waals surface area contributed by atoms with Crippen LogP contribution in [0.25, 0.3) is 11.3 Å². The number of hydrogen-bond acceptors (Lipinski definition) is 3. The van der Waals surface area contributed by atoms with Crippen molar-refractivity contribution < 1.29 is 9.90 Å². The number of nitrogens with one attached hydrogen (secondary N) is 1. The predicted molar refractivity (Wildman–Crippen MR) is 75.1 cm³/mol. The molecule has 96 valence electrons. The molecule has 0 amide bonds. The van der Waals surface area contributed by atoms with Gasteiger partial charge in [0.15, 0.2) is 0 Å². The number of aryl methyl sites for hydroxylation is 1. The molecule has 1 aromatic carbocycles. The van der Waals surface area contributed by atoms with E-state index in [2.05, 4.69) is 9.97 Å². The summed E-state index contributed by atoms with van der Waals surface area (Å²) in [6.07, 6.45) is 4.47. The number of carbonyl (C=O) groups is 1. The third-order valence-electron chi connectivity index (χ3n) is 2.83. The summed E-state index contributed by atoms with van der Waals surface area (Å²) in [6.45, 7) is 0. The van der Waals surface area contributed by atoms with Crippen molar-refractivity contribution in [1.82, 2.24) is 9.97 Å². The van der Waals surface area contributed by atoms with Crippen LogP contribution in [0.2, 0.25) is 0 Å². The third kappa shape index (κ3) is 3.96. The Balaban J connectivity index is 0.00000180. The van der Waals surface area contributed by atoms with Crippen LogP contribution in [0.15, 0.2) is 36.8 Å². The van der Waals surface area contributed by atoms with Crippen molar-refractivity contribution in [3.63, 3.8) is 0 Å². The molecule has 0 unspecified atom stereocenters. The van der Waals surface area contributed by atoms with Crippen molar-refractivity contribution >= 4 is 24.8 Å². The standard InChI is InChI=1S/C13H15N3O2.Li.H/c14-11(13(17)18)6-5-9-3-1-2-4-10(9)12-7-15-8-16-12;;/h1-4,7-8,11H,5-6,14H2,(H,15,16)(H,17,18);;/t11-;;/m0../s1. The minimum absolute atomic E-state index is 0. The van der Waals surface area contributed by atoms with E-state index in [9.17, 15) is 4.79 Å². The van der Waals surface area contributed by atoms with Crippen LogP contribution in [-0.2, 0) is 11.2 Å². The molecule has 2 aromatic rings. The number of benzene rings is 1. The molecule has 19 heavy (non-hydrogen) atoms. The van der Waals surface area contributed by atoms with E-state index in [1.165, 1.54) is 0 Å². The van der Waals surface area contributed by atoms with E-state index in [0.29, 0.717) is 12.8 Å². The molecule has 0 aliphatic heterocycles. The summed E-state index contributed by atoms with van der Waals surface area (Å²) in [5.41, 5.74) is 8.44. The van der Waals surface area contributed by atoms with Gasteiger partial charge in [-0.25, -0.2) is 4.98 Å². The SMILES string of the molecule is N[C@@H](CCc1ccccc1-c1c[nH]cn1)C(=O)O.[LiH]. The Morgan fingerprint density at radius 2 is 2.16 bits per heavy atom. The summed E-state index contributed by atoms with van der Waals surface area (Å²) in [7, 11) is 0. The first-order valence-electron chi connectivity index (χ1n) is 5.74. The summed E-state index contributed by atoms with van der Waals surface area (Å²) >= 11 is 0. The predicted octanol–water partition coefficient (Wildman–Crippen LogP) is 0.773. The molecule has 1 aromatic heterocycles. The van der Waals surface area contributed by atoms with E-state index in [1.807, 2.05) is 30.5 Å². The zero-order chi connectivity index (χ0) is 13.0. The van der Waals surface area contributed by atoms with Gasteiger partial charge in [0, 0.05) is 11.8 Å². The number of hydrogen-bond donors (Lipinski definition) is 3. The van der Waals surface area contributed by atoms with Gasteiger partial charge in [-0.15, -0.1) is 0 Å². The van der Waals surface area contributed by atoms with Gasteiger partial charge in [0.2, 0.25) is 0 Å². The molecule has 2 rings (SSSR count). The van der Waals surface area contributed by atoms with Gasteiger partial charge in [-0.3, -0.25) is 4.79 Å². The zero-order valence-corrected chi connectivity index (χ0v) is 9.84. The molecule has 0 saturated carbocycles. The molecule has 0 radical (unpaired) electrons. The van der Waals surface area contributed by atoms with Gasteiger partial charge in [0.25, 0.3) is 0 Å². The Hall–Kier alpha value is -1.54. The molecule has 0 aliphatic carbocycles. The van der Waals surface area contributed by atoms with E-state index < -0.39 is 12.0 Å². The fourth-order valence-electron chi connectivity index (χ4n) is 1.83. The number of nitrogens with two attached hydrogens (primary N) is 1. The molecule has 0 aliphatic rings. The molecule has 1 atom stereocenters. The number of rotatable bonds is 5. The number of carboxylic acid groups (broad SMARTS) is 1. The first-order chi connectivity index (χ1) is 8.68. The van der Waals surface area contributed by atoms with E-state index >= 15 is 0 Å². The van der Waals surface area contributed by atoms with Crippen molar-refractivity contribution in [2.75, 3.05) is 0 Å². The van der Waals surface area contributed by atoms with Crippen LogP contribution in [0.3, 0.4) is 0 Å². The molecule has 0 bridgehead atoms. The number of imidazole rings is 1. The Labute approximate surface area is 123 Å². The van der Waals surface area contributed by atoms with Gasteiger partial charge < -0.3 is 15.8 Å². The summed E-state index contributed by atoms with van der Waals surface area (Å²) in [6, 6.07) is 6.98. The van der Waals surface area contributed by atoms with Crippen LogP contribution in [0.1, 0.15) is 12.0 Å². The Bertz CT molecular complexity index is 528. The monoisotopic (exact) mass is 253 g/mol. The maximum absolute atomic E-state index is 10.7. The van der Waals surface area contributed by atoms with Gasteiger partial charge in [-0.1, -0.05) is 24.3 Å². The maximum atomic E-state index is 10.7. The van der Waals surface area contributed by atoms with Crippen molar-refractivity contribution in [1.29, 1.82) is 0 Å². The van der Waals surface area contributed by atoms with E-state index in [4.69, 9.17) is 10.8 Å². The van der Waals surface area contributed by atoms with Crippen molar-refractivity contribution in [3.05, 3.63) is 42.4 Å². The van der Waals surface area contributed by atoms with Gasteiger partial charge in [0.05, 0.1) is 12.0 Å². The van der Waals surface area contributed by atoms with E-state index in [0.717, 1.165) is 16.8 Å². The summed E-state index contributed by atoms with van der Waals surface area (Å²) in [5, 5.41) is 8.77. The number of carboxylic acids is 1. The molecule has 0 saturated heterocycles. The average Bonchev–Trinajstić information content (AvgIpc) is 2.89. The first kappa shape index (κ1) is 15.5. The minimum atomic E-state index is -0.966. The number of H-pyrrole nitrogens is 1. The molecule has 0 fully saturated rings. The first-order valence-corrected chi connectivity index (χ1v) is 5.74. The summed E-state index contributed by atoms with van der Waals surface area (Å²) in [4.78, 5) is 17.8. The molecule has 1 heterocycles. The van der Waals surface area contributed by atoms with E-state index in [1.54, 1.807) is 6.33 Å². The number of nitrogens with zero attached hydrogens (tertiary/aromatic N) is 1.